The van der Waals surface area contributed by atoms with Gasteiger partial charge in [0.2, 0.25) is 5.91 Å². The van der Waals surface area contributed by atoms with Gasteiger partial charge in [0, 0.05) is 13.3 Å². The van der Waals surface area contributed by atoms with E-state index in [-0.39, 0.29) is 18.9 Å². The Labute approximate surface area is 154 Å². The molecule has 1 rings (SSSR count). The lowest BCUT2D eigenvalue weighted by molar-refractivity contribution is -0.235. The van der Waals surface area contributed by atoms with Crippen molar-refractivity contribution in [1.82, 2.24) is 5.32 Å². The van der Waals surface area contributed by atoms with Gasteiger partial charge in [-0.1, -0.05) is 0 Å². The number of rotatable bonds is 4. The van der Waals surface area contributed by atoms with Crippen LogP contribution in [0.2, 0.25) is 0 Å². The molecule has 26 heavy (non-hydrogen) atoms. The molecule has 8 nitrogen and oxygen atoms in total. The van der Waals surface area contributed by atoms with Gasteiger partial charge in [0.05, 0.1) is 16.9 Å². The molecule has 0 aliphatic carbocycles. The summed E-state index contributed by atoms with van der Waals surface area (Å²) in [5.41, 5.74) is -1.42. The molecule has 150 valence electrons. The van der Waals surface area contributed by atoms with Gasteiger partial charge in [0.15, 0.2) is 6.29 Å². The van der Waals surface area contributed by atoms with Crippen molar-refractivity contribution in [2.45, 2.75) is 79.4 Å². The highest BCUT2D eigenvalue weighted by Crippen LogP contribution is 2.26. The van der Waals surface area contributed by atoms with Crippen LogP contribution in [-0.2, 0) is 28.6 Å². The molecular formula is C18H31NO7. The molecule has 0 spiro atoms. The van der Waals surface area contributed by atoms with Crippen molar-refractivity contribution >= 4 is 17.8 Å². The van der Waals surface area contributed by atoms with E-state index in [0.29, 0.717) is 0 Å². The van der Waals surface area contributed by atoms with E-state index in [1.54, 1.807) is 41.5 Å². The number of aliphatic hydroxyl groups is 1. The summed E-state index contributed by atoms with van der Waals surface area (Å²) in [6, 6.07) is -0.722. The molecule has 0 bridgehead atoms. The van der Waals surface area contributed by atoms with Crippen molar-refractivity contribution in [3.63, 3.8) is 0 Å². The van der Waals surface area contributed by atoms with Crippen molar-refractivity contribution in [2.24, 2.45) is 10.8 Å². The molecule has 2 N–H and O–H groups in total. The van der Waals surface area contributed by atoms with Crippen molar-refractivity contribution in [3.05, 3.63) is 0 Å². The number of esters is 2. The van der Waals surface area contributed by atoms with Crippen LogP contribution in [0.4, 0.5) is 0 Å². The minimum atomic E-state index is -1.29. The third kappa shape index (κ3) is 6.57. The highest BCUT2D eigenvalue weighted by molar-refractivity contribution is 5.76. The summed E-state index contributed by atoms with van der Waals surface area (Å²) in [5, 5.41) is 12.7. The molecule has 0 saturated carbocycles. The summed E-state index contributed by atoms with van der Waals surface area (Å²) in [7, 11) is 0. The Bertz CT molecular complexity index is 533. The third-order valence-corrected chi connectivity index (χ3v) is 3.81. The quantitative estimate of drug-likeness (QED) is 0.711. The van der Waals surface area contributed by atoms with Gasteiger partial charge < -0.3 is 24.6 Å². The highest BCUT2D eigenvalue weighted by atomic mass is 16.7. The van der Waals surface area contributed by atoms with Gasteiger partial charge in [-0.05, 0) is 41.5 Å². The molecular weight excluding hydrogens is 342 g/mol. The SMILES string of the molecule is CC(=O)N[C@@H]1C[C@@H](OC(=O)C(C)(C)C)[C@@H](COC(=O)C(C)(C)C)O[C@@H]1O. The van der Waals surface area contributed by atoms with Gasteiger partial charge in [0.25, 0.3) is 0 Å². The van der Waals surface area contributed by atoms with Crippen LogP contribution in [0.15, 0.2) is 0 Å². The third-order valence-electron chi connectivity index (χ3n) is 3.81. The molecule has 1 aliphatic heterocycles. The lowest BCUT2D eigenvalue weighted by Gasteiger charge is -2.39. The van der Waals surface area contributed by atoms with Gasteiger partial charge in [-0.25, -0.2) is 0 Å². The Morgan fingerprint density at radius 1 is 1.08 bits per heavy atom. The van der Waals surface area contributed by atoms with E-state index in [1.165, 1.54) is 6.92 Å². The Morgan fingerprint density at radius 2 is 1.62 bits per heavy atom. The second-order valence-electron chi connectivity index (χ2n) is 8.65. The van der Waals surface area contributed by atoms with E-state index in [4.69, 9.17) is 14.2 Å². The smallest absolute Gasteiger partial charge is 0.311 e. The standard InChI is InChI=1S/C18H31NO7/c1-10(20)19-11-8-12(26-16(23)18(5,6)7)13(25-14(11)21)9-24-15(22)17(2,3)4/h11-14,21H,8-9H2,1-7H3,(H,19,20)/t11-,12-,13-,14+/m1/s1. The zero-order chi connectivity index (χ0) is 20.3. The minimum Gasteiger partial charge on any atom is -0.462 e. The number of hydrogen-bond acceptors (Lipinski definition) is 7. The molecule has 1 fully saturated rings. The molecule has 1 heterocycles. The fraction of sp³-hybridized carbons (Fsp3) is 0.833. The number of aliphatic hydroxyl groups excluding tert-OH is 1. The van der Waals surface area contributed by atoms with Gasteiger partial charge in [-0.3, -0.25) is 14.4 Å². The van der Waals surface area contributed by atoms with Crippen LogP contribution in [0.1, 0.15) is 54.9 Å². The number of hydrogen-bond donors (Lipinski definition) is 2. The Balaban J connectivity index is 2.87. The molecule has 1 aliphatic rings. The first-order valence-corrected chi connectivity index (χ1v) is 8.70. The molecule has 1 amide bonds. The molecule has 8 heteroatoms. The Morgan fingerprint density at radius 3 is 2.08 bits per heavy atom. The van der Waals surface area contributed by atoms with Gasteiger partial charge >= 0.3 is 11.9 Å². The van der Waals surface area contributed by atoms with Crippen LogP contribution < -0.4 is 5.32 Å². The van der Waals surface area contributed by atoms with E-state index in [9.17, 15) is 19.5 Å². The van der Waals surface area contributed by atoms with Crippen molar-refractivity contribution in [1.29, 1.82) is 0 Å². The summed E-state index contributed by atoms with van der Waals surface area (Å²) >= 11 is 0. The molecule has 0 aromatic rings. The molecule has 0 aromatic carbocycles. The second kappa shape index (κ2) is 8.35. The van der Waals surface area contributed by atoms with E-state index >= 15 is 0 Å². The van der Waals surface area contributed by atoms with Crippen LogP contribution in [-0.4, -0.2) is 54.1 Å². The molecule has 1 saturated heterocycles. The lowest BCUT2D eigenvalue weighted by atomic mass is 9.95. The van der Waals surface area contributed by atoms with Crippen LogP contribution in [0.5, 0.6) is 0 Å². The predicted molar refractivity (Wildman–Crippen MR) is 92.9 cm³/mol. The normalized spacial score (nSPS) is 26.8. The van der Waals surface area contributed by atoms with E-state index in [0.717, 1.165) is 0 Å². The van der Waals surface area contributed by atoms with Crippen LogP contribution in [0.25, 0.3) is 0 Å². The fourth-order valence-corrected chi connectivity index (χ4v) is 2.23. The first-order chi connectivity index (χ1) is 11.7. The summed E-state index contributed by atoms with van der Waals surface area (Å²) in [4.78, 5) is 35.5. The van der Waals surface area contributed by atoms with Crippen molar-refractivity contribution in [2.75, 3.05) is 6.61 Å². The van der Waals surface area contributed by atoms with Gasteiger partial charge in [0.1, 0.15) is 18.8 Å². The summed E-state index contributed by atoms with van der Waals surface area (Å²) in [5.74, 6) is -1.21. The van der Waals surface area contributed by atoms with Crippen molar-refractivity contribution in [3.8, 4) is 0 Å². The van der Waals surface area contributed by atoms with Gasteiger partial charge in [-0.15, -0.1) is 0 Å². The molecule has 0 unspecified atom stereocenters. The second-order valence-corrected chi connectivity index (χ2v) is 8.65. The average Bonchev–Trinajstić information content (AvgIpc) is 2.45. The van der Waals surface area contributed by atoms with E-state index in [2.05, 4.69) is 5.32 Å². The van der Waals surface area contributed by atoms with E-state index in [1.807, 2.05) is 0 Å². The van der Waals surface area contributed by atoms with Crippen LogP contribution >= 0.6 is 0 Å². The number of amides is 1. The van der Waals surface area contributed by atoms with Crippen molar-refractivity contribution < 1.29 is 33.7 Å². The van der Waals surface area contributed by atoms with E-state index < -0.39 is 47.3 Å². The lowest BCUT2D eigenvalue weighted by Crippen LogP contribution is -2.56. The maximum Gasteiger partial charge on any atom is 0.311 e. The zero-order valence-corrected chi connectivity index (χ0v) is 16.6. The predicted octanol–water partition coefficient (Wildman–Crippen LogP) is 1.15. The Kier molecular flexibility index (Phi) is 7.18. The maximum absolute atomic E-state index is 12.3. The monoisotopic (exact) mass is 373 g/mol. The average molecular weight is 373 g/mol. The van der Waals surface area contributed by atoms with Crippen LogP contribution in [0, 0.1) is 10.8 Å². The zero-order valence-electron chi connectivity index (χ0n) is 16.6. The highest BCUT2D eigenvalue weighted by Gasteiger charge is 2.42. The van der Waals surface area contributed by atoms with Gasteiger partial charge in [-0.2, -0.15) is 0 Å². The number of nitrogens with one attached hydrogen (secondary N) is 1. The number of carbonyl (C=O) groups is 3. The molecule has 4 atom stereocenters. The van der Waals surface area contributed by atoms with Crippen LogP contribution in [0.3, 0.4) is 0 Å². The topological polar surface area (TPSA) is 111 Å². The molecule has 0 aromatic heterocycles. The fourth-order valence-electron chi connectivity index (χ4n) is 2.23. The Hall–Kier alpha value is -1.67. The number of ether oxygens (including phenoxy) is 3. The first-order valence-electron chi connectivity index (χ1n) is 8.70. The first kappa shape index (κ1) is 22.4. The minimum absolute atomic E-state index is 0.153. The summed E-state index contributed by atoms with van der Waals surface area (Å²) in [6.07, 6.45) is -2.73. The molecule has 0 radical (unpaired) electrons. The maximum atomic E-state index is 12.3. The largest absolute Gasteiger partial charge is 0.462 e. The number of carbonyl (C=O) groups excluding carboxylic acids is 3. The summed E-state index contributed by atoms with van der Waals surface area (Å²) < 4.78 is 16.3. The summed E-state index contributed by atoms with van der Waals surface area (Å²) in [6.45, 7) is 11.5.